The van der Waals surface area contributed by atoms with Gasteiger partial charge >= 0.3 is 5.97 Å². The van der Waals surface area contributed by atoms with Gasteiger partial charge in [0.2, 0.25) is 0 Å². The molecule has 1 aliphatic heterocycles. The van der Waals surface area contributed by atoms with E-state index in [1.807, 2.05) is 25.1 Å². The number of imidazole rings is 1. The molecule has 3 aromatic carbocycles. The number of rotatable bonds is 7. The summed E-state index contributed by atoms with van der Waals surface area (Å²) in [7, 11) is 0. The van der Waals surface area contributed by atoms with Crippen molar-refractivity contribution in [1.82, 2.24) is 15.0 Å². The van der Waals surface area contributed by atoms with E-state index in [0.717, 1.165) is 23.3 Å². The number of hydrogen-bond donors (Lipinski definition) is 2. The number of H-pyrrole nitrogens is 2. The van der Waals surface area contributed by atoms with Crippen molar-refractivity contribution in [2.75, 3.05) is 13.2 Å². The van der Waals surface area contributed by atoms with Crippen LogP contribution in [0.5, 0.6) is 17.2 Å². The normalized spacial score (nSPS) is 16.4. The molecule has 1 atom stereocenters. The lowest BCUT2D eigenvalue weighted by Crippen LogP contribution is -2.31. The van der Waals surface area contributed by atoms with Gasteiger partial charge in [-0.05, 0) is 50.6 Å². The molecule has 7 nitrogen and oxygen atoms in total. The summed E-state index contributed by atoms with van der Waals surface area (Å²) < 4.78 is 61.2. The number of carbonyl (C=O) groups is 1. The number of fused-ring (bicyclic) bond motifs is 2. The second kappa shape index (κ2) is 10.8. The minimum Gasteiger partial charge on any atom is -0.493 e. The molecule has 3 heterocycles. The van der Waals surface area contributed by atoms with Crippen LogP contribution in [-0.4, -0.2) is 34.1 Å². The number of esters is 1. The second-order valence-corrected chi connectivity index (χ2v) is 10.1. The third-order valence-electron chi connectivity index (χ3n) is 7.43. The number of halogens is 3. The molecule has 0 radical (unpaired) electrons. The average Bonchev–Trinajstić information content (AvgIpc) is 3.66. The van der Waals surface area contributed by atoms with E-state index in [2.05, 4.69) is 9.97 Å². The van der Waals surface area contributed by atoms with Crippen molar-refractivity contribution in [1.29, 1.82) is 0 Å². The van der Waals surface area contributed by atoms with Gasteiger partial charge in [-0.25, -0.2) is 22.9 Å². The average molecular weight is 574 g/mol. The Labute approximate surface area is 239 Å². The Balaban J connectivity index is 1.32. The molecule has 0 amide bonds. The third kappa shape index (κ3) is 4.78. The molecule has 6 rings (SSSR count). The van der Waals surface area contributed by atoms with E-state index in [4.69, 9.17) is 19.2 Å². The van der Waals surface area contributed by atoms with E-state index in [0.29, 0.717) is 30.0 Å². The van der Waals surface area contributed by atoms with Crippen molar-refractivity contribution in [3.8, 4) is 28.6 Å². The fourth-order valence-corrected chi connectivity index (χ4v) is 5.20. The van der Waals surface area contributed by atoms with Crippen LogP contribution in [0, 0.1) is 17.5 Å². The van der Waals surface area contributed by atoms with Crippen molar-refractivity contribution < 1.29 is 32.2 Å². The third-order valence-corrected chi connectivity index (χ3v) is 7.43. The quantitative estimate of drug-likeness (QED) is 0.156. The first-order chi connectivity index (χ1) is 20.3. The highest BCUT2D eigenvalue weighted by molar-refractivity contribution is 5.88. The summed E-state index contributed by atoms with van der Waals surface area (Å²) in [5.41, 5.74) is 2.00. The van der Waals surface area contributed by atoms with Gasteiger partial charge in [0.05, 0.1) is 30.0 Å². The van der Waals surface area contributed by atoms with Gasteiger partial charge in [0.25, 0.3) is 0 Å². The Bertz CT molecular complexity index is 1840. The van der Waals surface area contributed by atoms with E-state index in [1.165, 1.54) is 30.5 Å². The molecule has 10 heteroatoms. The molecule has 0 bridgehead atoms. The maximum Gasteiger partial charge on any atom is 0.330 e. The van der Waals surface area contributed by atoms with Gasteiger partial charge in [-0.3, -0.25) is 0 Å². The van der Waals surface area contributed by atoms with Crippen LogP contribution in [0.1, 0.15) is 37.1 Å². The number of nitrogens with zero attached hydrogens (tertiary/aromatic N) is 1. The Morgan fingerprint density at radius 1 is 1.12 bits per heavy atom. The van der Waals surface area contributed by atoms with Crippen LogP contribution in [0.4, 0.5) is 13.2 Å². The molecule has 0 unspecified atom stereocenters. The summed E-state index contributed by atoms with van der Waals surface area (Å²) in [6.45, 7) is 4.43. The summed E-state index contributed by atoms with van der Waals surface area (Å²) >= 11 is 0. The number of hydrogen-bond acceptors (Lipinski definition) is 5. The molecule has 0 aliphatic carbocycles. The molecule has 0 saturated carbocycles. The Morgan fingerprint density at radius 3 is 2.81 bits per heavy atom. The van der Waals surface area contributed by atoms with E-state index < -0.39 is 34.6 Å². The van der Waals surface area contributed by atoms with Crippen LogP contribution in [0.25, 0.3) is 28.4 Å². The van der Waals surface area contributed by atoms with Crippen LogP contribution < -0.4 is 9.47 Å². The molecular formula is C32H26F3N3O4. The van der Waals surface area contributed by atoms with E-state index in [-0.39, 0.29) is 29.1 Å². The number of aromatic amines is 2. The minimum absolute atomic E-state index is 0.0395. The SMILES string of the molecule is CCOC(=O)/C=C/c1cccc2c1OCC[C@]2(C)c1c[nH]c(-c2cc(Oc3c(F)cc4[nH]ccc4c3F)ccc2F)n1. The summed E-state index contributed by atoms with van der Waals surface area (Å²) in [6.07, 6.45) is 6.81. The minimum atomic E-state index is -0.892. The largest absolute Gasteiger partial charge is 0.493 e. The maximum atomic E-state index is 15.0. The first-order valence-electron chi connectivity index (χ1n) is 13.4. The van der Waals surface area contributed by atoms with Crippen molar-refractivity contribution in [3.63, 3.8) is 0 Å². The van der Waals surface area contributed by atoms with Crippen molar-refractivity contribution in [3.05, 3.63) is 101 Å². The smallest absolute Gasteiger partial charge is 0.330 e. The summed E-state index contributed by atoms with van der Waals surface area (Å²) in [5.74, 6) is -2.49. The predicted molar refractivity (Wildman–Crippen MR) is 151 cm³/mol. The van der Waals surface area contributed by atoms with Crippen LogP contribution in [0.3, 0.4) is 0 Å². The number of benzene rings is 3. The van der Waals surface area contributed by atoms with Gasteiger partial charge < -0.3 is 24.2 Å². The molecule has 1 aliphatic rings. The zero-order valence-corrected chi connectivity index (χ0v) is 22.8. The fourth-order valence-electron chi connectivity index (χ4n) is 5.20. The fraction of sp³-hybridized carbons (Fsp3) is 0.188. The highest BCUT2D eigenvalue weighted by Crippen LogP contribution is 2.45. The lowest BCUT2D eigenvalue weighted by molar-refractivity contribution is -0.137. The van der Waals surface area contributed by atoms with Crippen LogP contribution in [-0.2, 0) is 14.9 Å². The van der Waals surface area contributed by atoms with Gasteiger partial charge in [0.15, 0.2) is 17.4 Å². The molecule has 2 N–H and O–H groups in total. The topological polar surface area (TPSA) is 89.2 Å². The predicted octanol–water partition coefficient (Wildman–Crippen LogP) is 7.43. The Morgan fingerprint density at radius 2 is 1.98 bits per heavy atom. The lowest BCUT2D eigenvalue weighted by Gasteiger charge is -2.35. The Hall–Kier alpha value is -4.99. The number of nitrogens with one attached hydrogen (secondary N) is 2. The first kappa shape index (κ1) is 27.2. The van der Waals surface area contributed by atoms with Gasteiger partial charge in [0.1, 0.15) is 23.1 Å². The zero-order chi connectivity index (χ0) is 29.4. The van der Waals surface area contributed by atoms with Crippen LogP contribution in [0.2, 0.25) is 0 Å². The summed E-state index contributed by atoms with van der Waals surface area (Å²) in [5, 5.41) is 0.175. The number of para-hydroxylation sites is 1. The second-order valence-electron chi connectivity index (χ2n) is 10.1. The molecular weight excluding hydrogens is 547 g/mol. The molecule has 2 aromatic heterocycles. The highest BCUT2D eigenvalue weighted by Gasteiger charge is 2.38. The van der Waals surface area contributed by atoms with Gasteiger partial charge in [0, 0.05) is 46.5 Å². The van der Waals surface area contributed by atoms with E-state index in [9.17, 15) is 13.6 Å². The maximum absolute atomic E-state index is 15.0. The monoisotopic (exact) mass is 573 g/mol. The van der Waals surface area contributed by atoms with Gasteiger partial charge in [-0.1, -0.05) is 18.2 Å². The van der Waals surface area contributed by atoms with Crippen molar-refractivity contribution >= 4 is 22.9 Å². The molecule has 214 valence electrons. The van der Waals surface area contributed by atoms with Crippen LogP contribution >= 0.6 is 0 Å². The van der Waals surface area contributed by atoms with Gasteiger partial charge in [-0.2, -0.15) is 0 Å². The Kier molecular flexibility index (Phi) is 6.97. The summed E-state index contributed by atoms with van der Waals surface area (Å²) in [4.78, 5) is 22.4. The standard InChI is InChI=1S/C32H26F3N3O4/c1-3-40-27(39)10-7-18-5-4-6-22-29(18)41-14-12-32(22,2)26-17-37-31(38-26)21-15-19(8-9-23(21)33)42-30-24(34)16-25-20(28(30)35)11-13-36-25/h4-11,13,15-17,36H,3,12,14H2,1-2H3,(H,37,38)/b10-7+/t32-/m0/s1. The number of aromatic nitrogens is 3. The number of ether oxygens (including phenoxy) is 3. The lowest BCUT2D eigenvalue weighted by atomic mass is 9.75. The number of carbonyl (C=O) groups excluding carboxylic acids is 1. The molecule has 42 heavy (non-hydrogen) atoms. The summed E-state index contributed by atoms with van der Waals surface area (Å²) in [6, 6.07) is 12.1. The molecule has 5 aromatic rings. The van der Waals surface area contributed by atoms with E-state index in [1.54, 1.807) is 19.2 Å². The van der Waals surface area contributed by atoms with Crippen molar-refractivity contribution in [2.45, 2.75) is 25.7 Å². The molecule has 0 fully saturated rings. The molecule has 0 spiro atoms. The van der Waals surface area contributed by atoms with Crippen LogP contribution in [0.15, 0.2) is 67.0 Å². The van der Waals surface area contributed by atoms with Gasteiger partial charge in [-0.15, -0.1) is 0 Å². The van der Waals surface area contributed by atoms with Crippen molar-refractivity contribution in [2.24, 2.45) is 0 Å². The van der Waals surface area contributed by atoms with E-state index >= 15 is 4.39 Å². The highest BCUT2D eigenvalue weighted by atomic mass is 19.1. The molecule has 0 saturated heterocycles. The first-order valence-corrected chi connectivity index (χ1v) is 13.4. The zero-order valence-electron chi connectivity index (χ0n) is 22.8.